The van der Waals surface area contributed by atoms with Gasteiger partial charge in [0.25, 0.3) is 0 Å². The zero-order chi connectivity index (χ0) is 15.6. The van der Waals surface area contributed by atoms with Gasteiger partial charge >= 0.3 is 5.97 Å². The number of aromatic carboxylic acids is 1. The van der Waals surface area contributed by atoms with Crippen molar-refractivity contribution in [1.29, 1.82) is 0 Å². The lowest BCUT2D eigenvalue weighted by molar-refractivity contribution is 0.0698. The zero-order valence-electron chi connectivity index (χ0n) is 11.6. The Morgan fingerprint density at radius 1 is 1.29 bits per heavy atom. The molecule has 6 heteroatoms. The predicted octanol–water partition coefficient (Wildman–Crippen LogP) is 3.17. The van der Waals surface area contributed by atoms with E-state index >= 15 is 0 Å². The van der Waals surface area contributed by atoms with Crippen LogP contribution in [0, 0.1) is 12.7 Å². The molecule has 110 valence electrons. The van der Waals surface area contributed by atoms with E-state index in [2.05, 4.69) is 5.32 Å². The van der Waals surface area contributed by atoms with Crippen molar-refractivity contribution in [1.82, 2.24) is 0 Å². The van der Waals surface area contributed by atoms with Crippen LogP contribution in [0.15, 0.2) is 30.3 Å². The first kappa shape index (κ1) is 14.6. The average Bonchev–Trinajstić information content (AvgIpc) is 2.44. The van der Waals surface area contributed by atoms with E-state index in [1.165, 1.54) is 31.4 Å². The number of benzene rings is 2. The highest BCUT2D eigenvalue weighted by Crippen LogP contribution is 2.28. The molecule has 5 nitrogen and oxygen atoms in total. The minimum Gasteiger partial charge on any atom is -0.494 e. The Kier molecular flexibility index (Phi) is 3.98. The van der Waals surface area contributed by atoms with Crippen LogP contribution in [0.25, 0.3) is 0 Å². The molecular formula is C15H15FN2O3. The van der Waals surface area contributed by atoms with Crippen LogP contribution in [0.3, 0.4) is 0 Å². The number of hydrogen-bond acceptors (Lipinski definition) is 4. The number of aryl methyl sites for hydroxylation is 1. The van der Waals surface area contributed by atoms with Crippen molar-refractivity contribution in [3.05, 3.63) is 47.3 Å². The molecular weight excluding hydrogens is 275 g/mol. The van der Waals surface area contributed by atoms with Crippen LogP contribution in [0.4, 0.5) is 21.5 Å². The molecule has 0 aliphatic rings. The zero-order valence-corrected chi connectivity index (χ0v) is 11.6. The van der Waals surface area contributed by atoms with E-state index in [-0.39, 0.29) is 17.0 Å². The molecule has 4 N–H and O–H groups in total. The van der Waals surface area contributed by atoms with Gasteiger partial charge in [-0.3, -0.25) is 0 Å². The molecule has 0 saturated carbocycles. The SMILES string of the molecule is COc1cc(Nc2cc(C)c(N)c(C(=O)O)c2)ccc1F. The van der Waals surface area contributed by atoms with E-state index in [0.717, 1.165) is 0 Å². The van der Waals surface area contributed by atoms with Crippen LogP contribution >= 0.6 is 0 Å². The number of hydrogen-bond donors (Lipinski definition) is 3. The summed E-state index contributed by atoms with van der Waals surface area (Å²) >= 11 is 0. The van der Waals surface area contributed by atoms with Crippen molar-refractivity contribution in [2.45, 2.75) is 6.92 Å². The summed E-state index contributed by atoms with van der Waals surface area (Å²) < 4.78 is 18.2. The quantitative estimate of drug-likeness (QED) is 0.753. The maximum Gasteiger partial charge on any atom is 0.337 e. The van der Waals surface area contributed by atoms with E-state index in [1.54, 1.807) is 13.0 Å². The second-order valence-corrected chi connectivity index (χ2v) is 4.53. The van der Waals surface area contributed by atoms with E-state index in [9.17, 15) is 9.18 Å². The monoisotopic (exact) mass is 290 g/mol. The summed E-state index contributed by atoms with van der Waals surface area (Å²) in [5, 5.41) is 12.1. The highest BCUT2D eigenvalue weighted by molar-refractivity contribution is 5.96. The van der Waals surface area contributed by atoms with Gasteiger partial charge in [-0.05, 0) is 36.8 Å². The minimum atomic E-state index is -1.10. The predicted molar refractivity (Wildman–Crippen MR) is 78.8 cm³/mol. The molecule has 0 aromatic heterocycles. The van der Waals surface area contributed by atoms with Crippen LogP contribution in [0.5, 0.6) is 5.75 Å². The molecule has 0 fully saturated rings. The average molecular weight is 290 g/mol. The fourth-order valence-electron chi connectivity index (χ4n) is 1.95. The lowest BCUT2D eigenvalue weighted by Crippen LogP contribution is -2.05. The van der Waals surface area contributed by atoms with Gasteiger partial charge in [-0.2, -0.15) is 0 Å². The Labute approximate surface area is 121 Å². The highest BCUT2D eigenvalue weighted by atomic mass is 19.1. The molecule has 0 spiro atoms. The number of anilines is 3. The number of nitrogens with one attached hydrogen (secondary N) is 1. The second kappa shape index (κ2) is 5.70. The number of carboxylic acids is 1. The third kappa shape index (κ3) is 3.05. The summed E-state index contributed by atoms with van der Waals surface area (Å²) in [6, 6.07) is 7.44. The number of rotatable bonds is 4. The van der Waals surface area contributed by atoms with Crippen molar-refractivity contribution in [2.75, 3.05) is 18.2 Å². The van der Waals surface area contributed by atoms with Gasteiger partial charge in [-0.25, -0.2) is 9.18 Å². The van der Waals surface area contributed by atoms with Gasteiger partial charge < -0.3 is 20.9 Å². The molecule has 0 aliphatic carbocycles. The third-order valence-corrected chi connectivity index (χ3v) is 3.06. The van der Waals surface area contributed by atoms with E-state index in [4.69, 9.17) is 15.6 Å². The molecule has 2 aromatic rings. The van der Waals surface area contributed by atoms with E-state index < -0.39 is 11.8 Å². The molecule has 0 saturated heterocycles. The third-order valence-electron chi connectivity index (χ3n) is 3.06. The van der Waals surface area contributed by atoms with Crippen molar-refractivity contribution < 1.29 is 19.0 Å². The minimum absolute atomic E-state index is 0.0200. The standard InChI is InChI=1S/C15H15FN2O3/c1-8-5-10(6-11(14(8)17)15(19)20)18-9-3-4-12(16)13(7-9)21-2/h3-7,18H,17H2,1-2H3,(H,19,20). The molecule has 0 bridgehead atoms. The highest BCUT2D eigenvalue weighted by Gasteiger charge is 2.12. The Hall–Kier alpha value is -2.76. The number of carbonyl (C=O) groups is 1. The van der Waals surface area contributed by atoms with Gasteiger partial charge in [0, 0.05) is 23.1 Å². The Morgan fingerprint density at radius 3 is 2.62 bits per heavy atom. The van der Waals surface area contributed by atoms with Crippen LogP contribution in [0.2, 0.25) is 0 Å². The largest absolute Gasteiger partial charge is 0.494 e. The first-order chi connectivity index (χ1) is 9.92. The normalized spacial score (nSPS) is 10.2. The fraction of sp³-hybridized carbons (Fsp3) is 0.133. The number of methoxy groups -OCH3 is 1. The van der Waals surface area contributed by atoms with Crippen LogP contribution in [-0.4, -0.2) is 18.2 Å². The molecule has 2 aromatic carbocycles. The molecule has 0 aliphatic heterocycles. The van der Waals surface area contributed by atoms with Crippen LogP contribution < -0.4 is 15.8 Å². The maximum absolute atomic E-state index is 13.3. The molecule has 21 heavy (non-hydrogen) atoms. The topological polar surface area (TPSA) is 84.6 Å². The summed E-state index contributed by atoms with van der Waals surface area (Å²) in [7, 11) is 1.37. The van der Waals surface area contributed by atoms with Gasteiger partial charge in [0.05, 0.1) is 12.7 Å². The van der Waals surface area contributed by atoms with Gasteiger partial charge in [-0.1, -0.05) is 0 Å². The maximum atomic E-state index is 13.3. The molecule has 0 heterocycles. The molecule has 2 rings (SSSR count). The second-order valence-electron chi connectivity index (χ2n) is 4.53. The van der Waals surface area contributed by atoms with Crippen LogP contribution in [-0.2, 0) is 0 Å². The summed E-state index contributed by atoms with van der Waals surface area (Å²) in [6.07, 6.45) is 0. The number of ether oxygens (including phenoxy) is 1. The van der Waals surface area contributed by atoms with Gasteiger partial charge in [-0.15, -0.1) is 0 Å². The first-order valence-corrected chi connectivity index (χ1v) is 6.16. The number of carboxylic acid groups (broad SMARTS) is 1. The molecule has 0 amide bonds. The van der Waals surface area contributed by atoms with Crippen molar-refractivity contribution in [2.24, 2.45) is 0 Å². The number of nitrogen functional groups attached to an aromatic ring is 1. The summed E-state index contributed by atoms with van der Waals surface area (Å²) in [4.78, 5) is 11.1. The lowest BCUT2D eigenvalue weighted by Gasteiger charge is -2.12. The smallest absolute Gasteiger partial charge is 0.337 e. The molecule has 0 atom stereocenters. The summed E-state index contributed by atoms with van der Waals surface area (Å²) in [5.41, 5.74) is 7.75. The van der Waals surface area contributed by atoms with Crippen molar-refractivity contribution in [3.63, 3.8) is 0 Å². The van der Waals surface area contributed by atoms with Crippen LogP contribution in [0.1, 0.15) is 15.9 Å². The van der Waals surface area contributed by atoms with Crippen molar-refractivity contribution >= 4 is 23.0 Å². The van der Waals surface area contributed by atoms with E-state index in [1.807, 2.05) is 0 Å². The van der Waals surface area contributed by atoms with Gasteiger partial charge in [0.2, 0.25) is 0 Å². The Morgan fingerprint density at radius 2 is 2.00 bits per heavy atom. The Bertz CT molecular complexity index is 702. The molecule has 0 radical (unpaired) electrons. The van der Waals surface area contributed by atoms with E-state index in [0.29, 0.717) is 16.9 Å². The fourth-order valence-corrected chi connectivity index (χ4v) is 1.95. The number of nitrogens with two attached hydrogens (primary N) is 1. The van der Waals surface area contributed by atoms with Gasteiger partial charge in [0.15, 0.2) is 11.6 Å². The summed E-state index contributed by atoms with van der Waals surface area (Å²) in [6.45, 7) is 1.72. The Balaban J connectivity index is 2.38. The molecule has 0 unspecified atom stereocenters. The number of halogens is 1. The first-order valence-electron chi connectivity index (χ1n) is 6.16. The lowest BCUT2D eigenvalue weighted by atomic mass is 10.1. The summed E-state index contributed by atoms with van der Waals surface area (Å²) in [5.74, 6) is -1.47. The van der Waals surface area contributed by atoms with Crippen molar-refractivity contribution in [3.8, 4) is 5.75 Å². The van der Waals surface area contributed by atoms with Gasteiger partial charge in [0.1, 0.15) is 0 Å².